The van der Waals surface area contributed by atoms with Crippen molar-refractivity contribution in [2.24, 2.45) is 0 Å². The minimum Gasteiger partial charge on any atom is -0.496 e. The highest BCUT2D eigenvalue weighted by Gasteiger charge is 2.13. The van der Waals surface area contributed by atoms with Crippen LogP contribution in [0.5, 0.6) is 5.75 Å². The van der Waals surface area contributed by atoms with E-state index >= 15 is 0 Å². The normalized spacial score (nSPS) is 9.80. The van der Waals surface area contributed by atoms with Gasteiger partial charge in [0.25, 0.3) is 5.91 Å². The number of carbonyl (C=O) groups excluding carboxylic acids is 2. The van der Waals surface area contributed by atoms with Gasteiger partial charge in [-0.3, -0.25) is 9.59 Å². The van der Waals surface area contributed by atoms with Crippen LogP contribution in [0.4, 0.5) is 5.69 Å². The van der Waals surface area contributed by atoms with Crippen LogP contribution < -0.4 is 15.4 Å². The topological polar surface area (TPSA) is 91.2 Å². The van der Waals surface area contributed by atoms with E-state index in [1.807, 2.05) is 0 Å². The molecule has 128 valence electrons. The van der Waals surface area contributed by atoms with Gasteiger partial charge in [0, 0.05) is 17.3 Å². The first-order valence-electron chi connectivity index (χ1n) is 7.41. The molecule has 2 amide bonds. The molecular weight excluding hydrogens is 342 g/mol. The fourth-order valence-electron chi connectivity index (χ4n) is 2.10. The van der Waals surface area contributed by atoms with Crippen LogP contribution in [0.3, 0.4) is 0 Å². The minimum atomic E-state index is -0.338. The van der Waals surface area contributed by atoms with E-state index in [1.165, 1.54) is 13.2 Å². The summed E-state index contributed by atoms with van der Waals surface area (Å²) in [6, 6.07) is 13.6. The number of carbonyl (C=O) groups is 2. The summed E-state index contributed by atoms with van der Waals surface area (Å²) in [6.07, 6.45) is -0.171. The molecule has 0 bridgehead atoms. The smallest absolute Gasteiger partial charge is 0.259 e. The Morgan fingerprint density at radius 2 is 1.92 bits per heavy atom. The van der Waals surface area contributed by atoms with Gasteiger partial charge in [0.15, 0.2) is 0 Å². The van der Waals surface area contributed by atoms with E-state index in [0.717, 1.165) is 5.56 Å². The highest BCUT2D eigenvalue weighted by molar-refractivity contribution is 6.31. The monoisotopic (exact) mass is 357 g/mol. The van der Waals surface area contributed by atoms with Gasteiger partial charge in [-0.1, -0.05) is 23.7 Å². The van der Waals surface area contributed by atoms with Gasteiger partial charge >= 0.3 is 0 Å². The zero-order chi connectivity index (χ0) is 18.2. The second-order valence-corrected chi connectivity index (χ2v) is 5.54. The van der Waals surface area contributed by atoms with Gasteiger partial charge in [-0.15, -0.1) is 0 Å². The molecule has 0 unspecified atom stereocenters. The summed E-state index contributed by atoms with van der Waals surface area (Å²) in [5.74, 6) is -0.235. The molecule has 0 aliphatic carbocycles. The predicted molar refractivity (Wildman–Crippen MR) is 94.5 cm³/mol. The summed E-state index contributed by atoms with van der Waals surface area (Å²) in [7, 11) is 1.48. The molecule has 0 saturated carbocycles. The number of anilines is 1. The molecule has 7 heteroatoms. The van der Waals surface area contributed by atoms with E-state index in [4.69, 9.17) is 21.6 Å². The van der Waals surface area contributed by atoms with Crippen LogP contribution in [0.1, 0.15) is 22.3 Å². The standard InChI is InChI=1S/C18H16ClN3O3/c1-25-16-7-4-13(19)10-15(16)18(24)22-14-5-2-12(3-6-14)11-21-17(23)8-9-20/h2-7,10H,8,11H2,1H3,(H,21,23)(H,22,24). The van der Waals surface area contributed by atoms with Crippen molar-refractivity contribution in [3.8, 4) is 11.8 Å². The Bertz CT molecular complexity index is 813. The minimum absolute atomic E-state index is 0.171. The zero-order valence-electron chi connectivity index (χ0n) is 13.5. The molecule has 25 heavy (non-hydrogen) atoms. The molecule has 0 atom stereocenters. The average molecular weight is 358 g/mol. The Labute approximate surface area is 150 Å². The van der Waals surface area contributed by atoms with Gasteiger partial charge in [-0.05, 0) is 35.9 Å². The van der Waals surface area contributed by atoms with Crippen LogP contribution in [-0.4, -0.2) is 18.9 Å². The van der Waals surface area contributed by atoms with Crippen molar-refractivity contribution in [3.05, 3.63) is 58.6 Å². The van der Waals surface area contributed by atoms with Gasteiger partial charge in [0.2, 0.25) is 5.91 Å². The number of methoxy groups -OCH3 is 1. The molecular formula is C18H16ClN3O3. The first-order chi connectivity index (χ1) is 12.0. The van der Waals surface area contributed by atoms with Gasteiger partial charge in [-0.25, -0.2) is 0 Å². The summed E-state index contributed by atoms with van der Waals surface area (Å²) in [4.78, 5) is 23.6. The summed E-state index contributed by atoms with van der Waals surface area (Å²) < 4.78 is 5.17. The number of nitriles is 1. The molecule has 0 saturated heterocycles. The number of hydrogen-bond acceptors (Lipinski definition) is 4. The second-order valence-electron chi connectivity index (χ2n) is 5.11. The van der Waals surface area contributed by atoms with Gasteiger partial charge in [0.1, 0.15) is 12.2 Å². The lowest BCUT2D eigenvalue weighted by Gasteiger charge is -2.10. The van der Waals surface area contributed by atoms with Crippen molar-refractivity contribution < 1.29 is 14.3 Å². The average Bonchev–Trinajstić information content (AvgIpc) is 2.61. The maximum Gasteiger partial charge on any atom is 0.259 e. The number of nitrogens with zero attached hydrogens (tertiary/aromatic N) is 1. The van der Waals surface area contributed by atoms with Crippen molar-refractivity contribution in [1.29, 1.82) is 5.26 Å². The molecule has 0 spiro atoms. The molecule has 0 aliphatic rings. The molecule has 0 fully saturated rings. The van der Waals surface area contributed by atoms with Crippen molar-refractivity contribution >= 4 is 29.1 Å². The number of benzene rings is 2. The predicted octanol–water partition coefficient (Wildman–Crippen LogP) is 3.13. The van der Waals surface area contributed by atoms with Crippen LogP contribution in [0.25, 0.3) is 0 Å². The molecule has 0 heterocycles. The second kappa shape index (κ2) is 8.71. The zero-order valence-corrected chi connectivity index (χ0v) is 14.3. The molecule has 2 N–H and O–H groups in total. The van der Waals surface area contributed by atoms with Crippen molar-refractivity contribution in [3.63, 3.8) is 0 Å². The van der Waals surface area contributed by atoms with E-state index < -0.39 is 0 Å². The van der Waals surface area contributed by atoms with E-state index in [2.05, 4.69) is 10.6 Å². The number of ether oxygens (including phenoxy) is 1. The molecule has 0 aliphatic heterocycles. The van der Waals surface area contributed by atoms with Crippen LogP contribution in [0, 0.1) is 11.3 Å². The molecule has 2 rings (SSSR count). The van der Waals surface area contributed by atoms with E-state index in [1.54, 1.807) is 42.5 Å². The maximum absolute atomic E-state index is 12.4. The third kappa shape index (κ3) is 5.23. The van der Waals surface area contributed by atoms with Gasteiger partial charge < -0.3 is 15.4 Å². The fraction of sp³-hybridized carbons (Fsp3) is 0.167. The third-order valence-electron chi connectivity index (χ3n) is 3.35. The van der Waals surface area contributed by atoms with Crippen LogP contribution in [0.15, 0.2) is 42.5 Å². The Morgan fingerprint density at radius 1 is 1.20 bits per heavy atom. The summed E-state index contributed by atoms with van der Waals surface area (Å²) >= 11 is 5.93. The van der Waals surface area contributed by atoms with Crippen molar-refractivity contribution in [1.82, 2.24) is 5.32 Å². The molecule has 2 aromatic carbocycles. The molecule has 6 nitrogen and oxygen atoms in total. The highest BCUT2D eigenvalue weighted by Crippen LogP contribution is 2.23. The number of rotatable bonds is 6. The van der Waals surface area contributed by atoms with Crippen molar-refractivity contribution in [2.75, 3.05) is 12.4 Å². The number of halogens is 1. The quantitative estimate of drug-likeness (QED) is 0.830. The number of nitrogens with one attached hydrogen (secondary N) is 2. The lowest BCUT2D eigenvalue weighted by molar-refractivity contribution is -0.120. The summed E-state index contributed by atoms with van der Waals surface area (Å²) in [6.45, 7) is 0.316. The number of hydrogen-bond donors (Lipinski definition) is 2. The third-order valence-corrected chi connectivity index (χ3v) is 3.58. The summed E-state index contributed by atoms with van der Waals surface area (Å²) in [5, 5.41) is 14.3. The Morgan fingerprint density at radius 3 is 2.56 bits per heavy atom. The molecule has 2 aromatic rings. The molecule has 0 aromatic heterocycles. The first-order valence-corrected chi connectivity index (χ1v) is 7.78. The Hall–Kier alpha value is -3.04. The Balaban J connectivity index is 2.01. The lowest BCUT2D eigenvalue weighted by atomic mass is 10.1. The van der Waals surface area contributed by atoms with E-state index in [-0.39, 0.29) is 18.2 Å². The van der Waals surface area contributed by atoms with E-state index in [0.29, 0.717) is 28.6 Å². The van der Waals surface area contributed by atoms with Crippen molar-refractivity contribution in [2.45, 2.75) is 13.0 Å². The summed E-state index contributed by atoms with van der Waals surface area (Å²) in [5.41, 5.74) is 1.78. The lowest BCUT2D eigenvalue weighted by Crippen LogP contribution is -2.21. The van der Waals surface area contributed by atoms with Crippen LogP contribution in [-0.2, 0) is 11.3 Å². The van der Waals surface area contributed by atoms with Gasteiger partial charge in [-0.2, -0.15) is 5.26 Å². The maximum atomic E-state index is 12.4. The fourth-order valence-corrected chi connectivity index (χ4v) is 2.27. The Kier molecular flexibility index (Phi) is 6.38. The van der Waals surface area contributed by atoms with Crippen LogP contribution in [0.2, 0.25) is 5.02 Å². The van der Waals surface area contributed by atoms with E-state index in [9.17, 15) is 9.59 Å². The largest absolute Gasteiger partial charge is 0.496 e. The molecule has 0 radical (unpaired) electrons. The first kappa shape index (κ1) is 18.3. The van der Waals surface area contributed by atoms with Gasteiger partial charge in [0.05, 0.1) is 18.7 Å². The highest BCUT2D eigenvalue weighted by atomic mass is 35.5. The SMILES string of the molecule is COc1ccc(Cl)cc1C(=O)Nc1ccc(CNC(=O)CC#N)cc1. The van der Waals surface area contributed by atoms with Crippen LogP contribution >= 0.6 is 11.6 Å². The number of amides is 2.